The third kappa shape index (κ3) is 3.79. The van der Waals surface area contributed by atoms with Crippen LogP contribution in [0.5, 0.6) is 0 Å². The van der Waals surface area contributed by atoms with Crippen molar-refractivity contribution in [3.63, 3.8) is 0 Å². The predicted octanol–water partition coefficient (Wildman–Crippen LogP) is 1.88. The zero-order valence-corrected chi connectivity index (χ0v) is 12.5. The number of carbonyl (C=O) groups is 1. The van der Waals surface area contributed by atoms with Crippen molar-refractivity contribution in [3.8, 4) is 0 Å². The van der Waals surface area contributed by atoms with Crippen LogP contribution in [-0.4, -0.2) is 50.6 Å². The molecule has 0 bridgehead atoms. The number of rotatable bonds is 5. The predicted molar refractivity (Wildman–Crippen MR) is 75.6 cm³/mol. The van der Waals surface area contributed by atoms with Crippen LogP contribution in [0.25, 0.3) is 0 Å². The van der Waals surface area contributed by atoms with Crippen LogP contribution in [0.3, 0.4) is 0 Å². The minimum absolute atomic E-state index is 0.00655. The molecule has 20 heavy (non-hydrogen) atoms. The van der Waals surface area contributed by atoms with E-state index < -0.39 is 5.97 Å². The van der Waals surface area contributed by atoms with E-state index in [2.05, 4.69) is 36.1 Å². The summed E-state index contributed by atoms with van der Waals surface area (Å²) < 4.78 is 1.60. The van der Waals surface area contributed by atoms with E-state index in [0.717, 1.165) is 6.54 Å². The molecule has 1 saturated carbocycles. The van der Waals surface area contributed by atoms with Crippen molar-refractivity contribution in [2.75, 3.05) is 13.6 Å². The van der Waals surface area contributed by atoms with Gasteiger partial charge < -0.3 is 10.0 Å². The highest BCUT2D eigenvalue weighted by Gasteiger charge is 2.28. The van der Waals surface area contributed by atoms with Gasteiger partial charge in [-0.15, -0.1) is 5.10 Å². The first-order valence-corrected chi connectivity index (χ1v) is 7.21. The molecule has 1 N–H and O–H groups in total. The second-order valence-electron chi connectivity index (χ2n) is 6.55. The van der Waals surface area contributed by atoms with Gasteiger partial charge in [0.15, 0.2) is 5.69 Å². The van der Waals surface area contributed by atoms with Crippen molar-refractivity contribution in [1.82, 2.24) is 19.9 Å². The Bertz CT molecular complexity index is 459. The highest BCUT2D eigenvalue weighted by molar-refractivity contribution is 5.84. The van der Waals surface area contributed by atoms with E-state index in [0.29, 0.717) is 18.0 Å². The molecule has 1 aromatic rings. The van der Waals surface area contributed by atoms with E-state index in [9.17, 15) is 4.79 Å². The minimum atomic E-state index is -1.03. The molecule has 0 spiro atoms. The Hall–Kier alpha value is -1.43. The molecule has 1 heterocycles. The Balaban J connectivity index is 1.80. The molecule has 0 aromatic carbocycles. The molecule has 6 nitrogen and oxygen atoms in total. The van der Waals surface area contributed by atoms with Gasteiger partial charge in [0.2, 0.25) is 0 Å². The summed E-state index contributed by atoms with van der Waals surface area (Å²) in [4.78, 5) is 13.1. The zero-order valence-electron chi connectivity index (χ0n) is 12.5. The van der Waals surface area contributed by atoms with Crippen LogP contribution >= 0.6 is 0 Å². The summed E-state index contributed by atoms with van der Waals surface area (Å²) >= 11 is 0. The van der Waals surface area contributed by atoms with Crippen molar-refractivity contribution >= 4 is 5.97 Å². The Labute approximate surface area is 119 Å². The first-order valence-electron chi connectivity index (χ1n) is 7.21. The summed E-state index contributed by atoms with van der Waals surface area (Å²) in [5, 5.41) is 16.3. The van der Waals surface area contributed by atoms with Crippen molar-refractivity contribution in [1.29, 1.82) is 0 Å². The van der Waals surface area contributed by atoms with Crippen LogP contribution in [0.15, 0.2) is 6.20 Å². The lowest BCUT2D eigenvalue weighted by molar-refractivity contribution is 0.0690. The Morgan fingerprint density at radius 3 is 2.70 bits per heavy atom. The second-order valence-corrected chi connectivity index (χ2v) is 6.55. The van der Waals surface area contributed by atoms with Gasteiger partial charge >= 0.3 is 5.97 Å². The largest absolute Gasteiger partial charge is 0.476 e. The fourth-order valence-electron chi connectivity index (χ4n) is 2.77. The standard InChI is InChI=1S/C14H24N4O2/c1-14(2)6-4-11(5-7-14)17(3)8-9-18-10-12(13(19)20)15-16-18/h10-11H,4-9H2,1-3H3,(H,19,20). The van der Waals surface area contributed by atoms with Gasteiger partial charge in [-0.25, -0.2) is 4.79 Å². The first kappa shape index (κ1) is 15.0. The van der Waals surface area contributed by atoms with Gasteiger partial charge in [-0.2, -0.15) is 0 Å². The third-order valence-corrected chi connectivity index (χ3v) is 4.37. The van der Waals surface area contributed by atoms with E-state index >= 15 is 0 Å². The average Bonchev–Trinajstić information content (AvgIpc) is 2.85. The topological polar surface area (TPSA) is 71.2 Å². The summed E-state index contributed by atoms with van der Waals surface area (Å²) in [6, 6.07) is 0.630. The van der Waals surface area contributed by atoms with Crippen LogP contribution in [0.2, 0.25) is 0 Å². The number of aromatic carboxylic acids is 1. The molecule has 1 aliphatic rings. The molecule has 1 aromatic heterocycles. The summed E-state index contributed by atoms with van der Waals surface area (Å²) in [6.07, 6.45) is 6.51. The molecule has 6 heteroatoms. The van der Waals surface area contributed by atoms with Crippen LogP contribution < -0.4 is 0 Å². The normalized spacial score (nSPS) is 19.4. The Kier molecular flexibility index (Phi) is 4.42. The van der Waals surface area contributed by atoms with Gasteiger partial charge in [0.05, 0.1) is 12.7 Å². The number of hydrogen-bond acceptors (Lipinski definition) is 4. The molecule has 0 aliphatic heterocycles. The number of aromatic nitrogens is 3. The molecular formula is C14H24N4O2. The van der Waals surface area contributed by atoms with Crippen LogP contribution in [0.4, 0.5) is 0 Å². The molecule has 1 fully saturated rings. The lowest BCUT2D eigenvalue weighted by Crippen LogP contribution is -2.38. The summed E-state index contributed by atoms with van der Waals surface area (Å²) in [5.41, 5.74) is 0.492. The SMILES string of the molecule is CN(CCn1cc(C(=O)O)nn1)C1CCC(C)(C)CC1. The molecule has 0 amide bonds. The van der Waals surface area contributed by atoms with E-state index in [1.165, 1.54) is 31.9 Å². The van der Waals surface area contributed by atoms with E-state index in [-0.39, 0.29) is 5.69 Å². The molecule has 1 aliphatic carbocycles. The fraction of sp³-hybridized carbons (Fsp3) is 0.786. The molecule has 112 valence electrons. The van der Waals surface area contributed by atoms with Crippen LogP contribution in [0.1, 0.15) is 50.0 Å². The third-order valence-electron chi connectivity index (χ3n) is 4.37. The highest BCUT2D eigenvalue weighted by atomic mass is 16.4. The Morgan fingerprint density at radius 1 is 1.50 bits per heavy atom. The van der Waals surface area contributed by atoms with Crippen molar-refractivity contribution in [3.05, 3.63) is 11.9 Å². The maximum atomic E-state index is 10.7. The molecule has 0 unspecified atom stereocenters. The Morgan fingerprint density at radius 2 is 2.15 bits per heavy atom. The minimum Gasteiger partial charge on any atom is -0.476 e. The number of carboxylic acids is 1. The maximum Gasteiger partial charge on any atom is 0.358 e. The second kappa shape index (κ2) is 5.91. The van der Waals surface area contributed by atoms with Gasteiger partial charge in [0, 0.05) is 12.6 Å². The highest BCUT2D eigenvalue weighted by Crippen LogP contribution is 2.36. The van der Waals surface area contributed by atoms with Crippen LogP contribution in [-0.2, 0) is 6.54 Å². The van der Waals surface area contributed by atoms with E-state index in [1.54, 1.807) is 4.68 Å². The van der Waals surface area contributed by atoms with E-state index in [4.69, 9.17) is 5.11 Å². The first-order chi connectivity index (χ1) is 9.37. The quantitative estimate of drug-likeness (QED) is 0.891. The number of carboxylic acid groups (broad SMARTS) is 1. The monoisotopic (exact) mass is 280 g/mol. The zero-order chi connectivity index (χ0) is 14.8. The van der Waals surface area contributed by atoms with Gasteiger partial charge in [-0.1, -0.05) is 19.1 Å². The molecule has 0 saturated heterocycles. The maximum absolute atomic E-state index is 10.7. The van der Waals surface area contributed by atoms with Crippen LogP contribution in [0, 0.1) is 5.41 Å². The molecule has 0 atom stereocenters. The number of likely N-dealkylation sites (N-methyl/N-ethyl adjacent to an activating group) is 1. The van der Waals surface area contributed by atoms with Crippen molar-refractivity contribution in [2.45, 2.75) is 52.1 Å². The molecule has 0 radical (unpaired) electrons. The lowest BCUT2D eigenvalue weighted by atomic mass is 9.75. The van der Waals surface area contributed by atoms with Gasteiger partial charge in [0.1, 0.15) is 0 Å². The average molecular weight is 280 g/mol. The van der Waals surface area contributed by atoms with Gasteiger partial charge in [-0.3, -0.25) is 4.68 Å². The van der Waals surface area contributed by atoms with E-state index in [1.807, 2.05) is 0 Å². The van der Waals surface area contributed by atoms with Crippen molar-refractivity contribution < 1.29 is 9.90 Å². The smallest absolute Gasteiger partial charge is 0.358 e. The van der Waals surface area contributed by atoms with Crippen molar-refractivity contribution in [2.24, 2.45) is 5.41 Å². The lowest BCUT2D eigenvalue weighted by Gasteiger charge is -2.38. The van der Waals surface area contributed by atoms with Gasteiger partial charge in [-0.05, 0) is 38.1 Å². The summed E-state index contributed by atoms with van der Waals surface area (Å²) in [5.74, 6) is -1.03. The number of hydrogen-bond donors (Lipinski definition) is 1. The summed E-state index contributed by atoms with van der Waals surface area (Å²) in [6.45, 7) is 6.22. The molecule has 2 rings (SSSR count). The summed E-state index contributed by atoms with van der Waals surface area (Å²) in [7, 11) is 2.14. The molecular weight excluding hydrogens is 256 g/mol. The number of nitrogens with zero attached hydrogens (tertiary/aromatic N) is 4. The fourth-order valence-corrected chi connectivity index (χ4v) is 2.77. The van der Waals surface area contributed by atoms with Gasteiger partial charge in [0.25, 0.3) is 0 Å².